The number of carboxylic acid groups (broad SMARTS) is 1. The van der Waals surface area contributed by atoms with Crippen LogP contribution in [0, 0.1) is 18.3 Å². The van der Waals surface area contributed by atoms with E-state index in [0.29, 0.717) is 28.1 Å². The minimum atomic E-state index is -1.15. The Bertz CT molecular complexity index is 1180. The maximum Gasteiger partial charge on any atom is 0.327 e. The molecule has 0 bridgehead atoms. The van der Waals surface area contributed by atoms with Gasteiger partial charge >= 0.3 is 5.97 Å². The third-order valence-electron chi connectivity index (χ3n) is 4.64. The number of rotatable bonds is 6. The first-order valence-electron chi connectivity index (χ1n) is 8.86. The molecule has 0 saturated carbocycles. The number of methoxy groups -OCH3 is 1. The number of nitriles is 1. The average Bonchev–Trinajstić information content (AvgIpc) is 3.11. The fourth-order valence-corrected chi connectivity index (χ4v) is 3.20. The van der Waals surface area contributed by atoms with Crippen molar-refractivity contribution in [1.82, 2.24) is 14.3 Å². The van der Waals surface area contributed by atoms with Gasteiger partial charge in [0.2, 0.25) is 0 Å². The van der Waals surface area contributed by atoms with Crippen molar-refractivity contribution < 1.29 is 14.6 Å². The molecule has 2 aromatic heterocycles. The number of hydrogen-bond acceptors (Lipinski definition) is 5. The van der Waals surface area contributed by atoms with Crippen LogP contribution in [-0.2, 0) is 18.3 Å². The van der Waals surface area contributed by atoms with E-state index in [9.17, 15) is 20.0 Å². The number of aryl methyl sites for hydroxylation is 2. The second-order valence-corrected chi connectivity index (χ2v) is 6.70. The van der Waals surface area contributed by atoms with Crippen LogP contribution in [0.25, 0.3) is 11.1 Å². The highest BCUT2D eigenvalue weighted by molar-refractivity contribution is 5.85. The fraction of sp³-hybridized carbons (Fsp3) is 0.238. The Balaban J connectivity index is 0.00000320. The SMILES string of the molecule is COc1cn(C(Cc2ccn(C)n2)C(=O)O)c(=O)cc1-c1cc(C)ccc1C#N.Cl. The van der Waals surface area contributed by atoms with Crippen LogP contribution in [0.2, 0.25) is 0 Å². The smallest absolute Gasteiger partial charge is 0.327 e. The lowest BCUT2D eigenvalue weighted by atomic mass is 9.98. The predicted molar refractivity (Wildman–Crippen MR) is 113 cm³/mol. The molecular weight excluding hydrogens is 408 g/mol. The molecule has 2 heterocycles. The summed E-state index contributed by atoms with van der Waals surface area (Å²) in [7, 11) is 3.17. The molecule has 0 aliphatic heterocycles. The van der Waals surface area contributed by atoms with E-state index in [0.717, 1.165) is 10.1 Å². The predicted octanol–water partition coefficient (Wildman–Crippen LogP) is 2.73. The summed E-state index contributed by atoms with van der Waals surface area (Å²) in [5.41, 5.74) is 2.37. The van der Waals surface area contributed by atoms with Gasteiger partial charge in [-0.2, -0.15) is 10.4 Å². The minimum Gasteiger partial charge on any atom is -0.495 e. The summed E-state index contributed by atoms with van der Waals surface area (Å²) in [5.74, 6) is -0.847. The summed E-state index contributed by atoms with van der Waals surface area (Å²) >= 11 is 0. The van der Waals surface area contributed by atoms with Crippen LogP contribution in [0.4, 0.5) is 0 Å². The molecular formula is C21H21ClN4O4. The summed E-state index contributed by atoms with van der Waals surface area (Å²) in [5, 5.41) is 23.3. The van der Waals surface area contributed by atoms with Crippen molar-refractivity contribution >= 4 is 18.4 Å². The Labute approximate surface area is 179 Å². The highest BCUT2D eigenvalue weighted by atomic mass is 35.5. The van der Waals surface area contributed by atoms with Crippen molar-refractivity contribution in [2.75, 3.05) is 7.11 Å². The van der Waals surface area contributed by atoms with E-state index >= 15 is 0 Å². The summed E-state index contributed by atoms with van der Waals surface area (Å²) < 4.78 is 8.13. The largest absolute Gasteiger partial charge is 0.495 e. The van der Waals surface area contributed by atoms with E-state index < -0.39 is 17.6 Å². The Kier molecular flexibility index (Phi) is 7.03. The van der Waals surface area contributed by atoms with E-state index in [1.807, 2.05) is 13.0 Å². The van der Waals surface area contributed by atoms with E-state index in [1.54, 1.807) is 36.1 Å². The lowest BCUT2D eigenvalue weighted by Gasteiger charge is -2.18. The zero-order valence-electron chi connectivity index (χ0n) is 16.7. The lowest BCUT2D eigenvalue weighted by molar-refractivity contribution is -0.141. The number of hydrogen-bond donors (Lipinski definition) is 1. The molecule has 3 aromatic rings. The van der Waals surface area contributed by atoms with Gasteiger partial charge in [-0.15, -0.1) is 12.4 Å². The Morgan fingerprint density at radius 2 is 2.03 bits per heavy atom. The topological polar surface area (TPSA) is 110 Å². The van der Waals surface area contributed by atoms with Gasteiger partial charge in [-0.3, -0.25) is 14.0 Å². The molecule has 30 heavy (non-hydrogen) atoms. The second kappa shape index (κ2) is 9.29. The molecule has 0 amide bonds. The van der Waals surface area contributed by atoms with Crippen LogP contribution in [0.3, 0.4) is 0 Å². The summed E-state index contributed by atoms with van der Waals surface area (Å²) in [4.78, 5) is 24.7. The minimum absolute atomic E-state index is 0. The van der Waals surface area contributed by atoms with E-state index in [-0.39, 0.29) is 18.8 Å². The molecule has 0 aliphatic rings. The average molecular weight is 429 g/mol. The van der Waals surface area contributed by atoms with Gasteiger partial charge in [0.15, 0.2) is 0 Å². The summed E-state index contributed by atoms with van der Waals surface area (Å²) in [6.45, 7) is 1.88. The van der Waals surface area contributed by atoms with Gasteiger partial charge in [0.1, 0.15) is 11.8 Å². The van der Waals surface area contributed by atoms with Gasteiger partial charge in [0, 0.05) is 36.9 Å². The molecule has 0 aliphatic carbocycles. The van der Waals surface area contributed by atoms with Crippen molar-refractivity contribution in [3.63, 3.8) is 0 Å². The van der Waals surface area contributed by atoms with E-state index in [1.165, 1.54) is 19.4 Å². The molecule has 0 fully saturated rings. The number of aliphatic carboxylic acids is 1. The van der Waals surface area contributed by atoms with Crippen molar-refractivity contribution in [1.29, 1.82) is 5.26 Å². The molecule has 0 radical (unpaired) electrons. The van der Waals surface area contributed by atoms with Crippen LogP contribution < -0.4 is 10.3 Å². The molecule has 3 rings (SSSR count). The normalized spacial score (nSPS) is 11.3. The van der Waals surface area contributed by atoms with Crippen LogP contribution >= 0.6 is 12.4 Å². The zero-order chi connectivity index (χ0) is 21.1. The van der Waals surface area contributed by atoms with Gasteiger partial charge in [-0.1, -0.05) is 11.6 Å². The lowest BCUT2D eigenvalue weighted by Crippen LogP contribution is -2.31. The highest BCUT2D eigenvalue weighted by Gasteiger charge is 2.24. The van der Waals surface area contributed by atoms with E-state index in [2.05, 4.69) is 11.2 Å². The van der Waals surface area contributed by atoms with Crippen molar-refractivity contribution in [2.24, 2.45) is 7.05 Å². The van der Waals surface area contributed by atoms with Crippen LogP contribution in [0.1, 0.15) is 22.9 Å². The monoisotopic (exact) mass is 428 g/mol. The third-order valence-corrected chi connectivity index (χ3v) is 4.64. The number of nitrogens with zero attached hydrogens (tertiary/aromatic N) is 4. The maximum atomic E-state index is 12.8. The number of pyridine rings is 1. The summed E-state index contributed by atoms with van der Waals surface area (Å²) in [6, 6.07) is 9.26. The van der Waals surface area contributed by atoms with Crippen LogP contribution in [0.15, 0.2) is 47.5 Å². The van der Waals surface area contributed by atoms with Gasteiger partial charge < -0.3 is 9.84 Å². The molecule has 1 N–H and O–H groups in total. The number of carboxylic acids is 1. The van der Waals surface area contributed by atoms with Gasteiger partial charge in [0.25, 0.3) is 5.56 Å². The third kappa shape index (κ3) is 4.53. The van der Waals surface area contributed by atoms with Crippen LogP contribution in [0.5, 0.6) is 5.75 Å². The van der Waals surface area contributed by atoms with Gasteiger partial charge in [-0.05, 0) is 25.1 Å². The quantitative estimate of drug-likeness (QED) is 0.646. The van der Waals surface area contributed by atoms with E-state index in [4.69, 9.17) is 4.74 Å². The first kappa shape index (κ1) is 22.7. The Morgan fingerprint density at radius 1 is 1.30 bits per heavy atom. The van der Waals surface area contributed by atoms with Crippen LogP contribution in [-0.4, -0.2) is 32.5 Å². The number of ether oxygens (including phenoxy) is 1. The van der Waals surface area contributed by atoms with Gasteiger partial charge in [0.05, 0.1) is 30.6 Å². The molecule has 156 valence electrons. The Hall–Kier alpha value is -3.57. The molecule has 8 nitrogen and oxygen atoms in total. The fourth-order valence-electron chi connectivity index (χ4n) is 3.20. The first-order chi connectivity index (χ1) is 13.8. The number of carbonyl (C=O) groups is 1. The molecule has 9 heteroatoms. The maximum absolute atomic E-state index is 12.8. The molecule has 0 saturated heterocycles. The number of benzene rings is 1. The first-order valence-corrected chi connectivity index (χ1v) is 8.86. The zero-order valence-corrected chi connectivity index (χ0v) is 17.5. The second-order valence-electron chi connectivity index (χ2n) is 6.70. The molecule has 1 unspecified atom stereocenters. The van der Waals surface area contributed by atoms with Crippen molar-refractivity contribution in [3.8, 4) is 22.9 Å². The highest BCUT2D eigenvalue weighted by Crippen LogP contribution is 2.32. The molecule has 1 aromatic carbocycles. The standard InChI is InChI=1S/C21H20N4O4.ClH/c1-13-4-5-14(11-22)16(8-13)17-10-20(26)25(12-19(17)29-3)18(21(27)28)9-15-6-7-24(2)23-15;/h4-8,10,12,18H,9H2,1-3H3,(H,27,28);1H. The number of halogens is 1. The molecule has 1 atom stereocenters. The summed E-state index contributed by atoms with van der Waals surface area (Å²) in [6.07, 6.45) is 3.14. The van der Waals surface area contributed by atoms with Gasteiger partial charge in [-0.25, -0.2) is 4.79 Å². The van der Waals surface area contributed by atoms with Crippen molar-refractivity contribution in [3.05, 3.63) is 69.9 Å². The molecule has 0 spiro atoms. The van der Waals surface area contributed by atoms with Crippen molar-refractivity contribution in [2.45, 2.75) is 19.4 Å². The number of aromatic nitrogens is 3. The Morgan fingerprint density at radius 3 is 2.60 bits per heavy atom.